The van der Waals surface area contributed by atoms with Gasteiger partial charge in [-0.05, 0) is 0 Å². The van der Waals surface area contributed by atoms with E-state index >= 15 is 0 Å². The van der Waals surface area contributed by atoms with E-state index in [1.165, 1.54) is 0 Å². The molecule has 0 aromatic carbocycles. The molecule has 0 radical (unpaired) electrons. The average molecular weight is 526 g/mol. The molecule has 0 fully saturated rings. The number of nitrogens with zero attached hydrogens (tertiary/aromatic N) is 2. The Morgan fingerprint density at radius 3 is 0.767 bits per heavy atom. The lowest BCUT2D eigenvalue weighted by atomic mass is 10.6. The third-order valence-electron chi connectivity index (χ3n) is 2.25. The second kappa shape index (κ2) is 12.5. The second-order valence-electron chi connectivity index (χ2n) is 5.67. The van der Waals surface area contributed by atoms with Crippen LogP contribution in [0.5, 0.6) is 0 Å². The molecule has 0 atom stereocenters. The number of carboxylic acid groups (broad SMARTS) is 2. The topological polar surface area (TPSA) is 311 Å². The molecular weight excluding hydrogens is 504 g/mol. The molecule has 0 amide bonds. The fraction of sp³-hybridized carbons (Fsp3) is 0.750. The molecular formula is C8H22N2O16P4. The number of aliphatic carboxylic acids is 2. The largest absolute Gasteiger partial charge is 0.480 e. The summed E-state index contributed by atoms with van der Waals surface area (Å²) in [5.41, 5.74) is 0. The molecule has 0 spiro atoms. The van der Waals surface area contributed by atoms with Crippen molar-refractivity contribution in [1.82, 2.24) is 9.80 Å². The fourth-order valence-electron chi connectivity index (χ4n) is 1.71. The van der Waals surface area contributed by atoms with Crippen molar-refractivity contribution < 1.29 is 77.2 Å². The van der Waals surface area contributed by atoms with Gasteiger partial charge in [0, 0.05) is 0 Å². The van der Waals surface area contributed by atoms with Crippen LogP contribution in [0.4, 0.5) is 0 Å². The maximum atomic E-state index is 10.5. The molecule has 0 heterocycles. The summed E-state index contributed by atoms with van der Waals surface area (Å²) < 4.78 is 42.1. The van der Waals surface area contributed by atoms with Gasteiger partial charge in [-0.25, -0.2) is 0 Å². The summed E-state index contributed by atoms with van der Waals surface area (Å²) in [5.74, 6) is -2.87. The summed E-state index contributed by atoms with van der Waals surface area (Å²) in [4.78, 5) is 89.6. The Morgan fingerprint density at radius 1 is 0.500 bits per heavy atom. The van der Waals surface area contributed by atoms with Crippen LogP contribution in [0.25, 0.3) is 0 Å². The van der Waals surface area contributed by atoms with Crippen LogP contribution in [-0.2, 0) is 27.8 Å². The highest BCUT2D eigenvalue weighted by Crippen LogP contribution is 2.41. The first-order valence-electron chi connectivity index (χ1n) is 7.06. The van der Waals surface area contributed by atoms with Gasteiger partial charge in [-0.1, -0.05) is 0 Å². The predicted molar refractivity (Wildman–Crippen MR) is 96.3 cm³/mol. The summed E-state index contributed by atoms with van der Waals surface area (Å²) in [5, 5.41) is 16.7. The lowest BCUT2D eigenvalue weighted by Gasteiger charge is -2.20. The van der Waals surface area contributed by atoms with E-state index in [4.69, 9.17) is 49.4 Å². The van der Waals surface area contributed by atoms with E-state index in [-0.39, 0.29) is 0 Å². The van der Waals surface area contributed by atoms with Gasteiger partial charge >= 0.3 is 42.3 Å². The van der Waals surface area contributed by atoms with E-state index in [0.29, 0.717) is 9.80 Å². The Morgan fingerprint density at radius 2 is 0.667 bits per heavy atom. The van der Waals surface area contributed by atoms with E-state index in [0.717, 1.165) is 0 Å². The van der Waals surface area contributed by atoms with Gasteiger partial charge in [-0.2, -0.15) is 0 Å². The number of hydrogen-bond acceptors (Lipinski definition) is 8. The zero-order valence-corrected chi connectivity index (χ0v) is 18.4. The first-order chi connectivity index (χ1) is 13.0. The molecule has 0 aliphatic carbocycles. The van der Waals surface area contributed by atoms with Crippen molar-refractivity contribution in [3.05, 3.63) is 0 Å². The van der Waals surface area contributed by atoms with Crippen LogP contribution in [0.3, 0.4) is 0 Å². The molecule has 0 aromatic rings. The molecule has 0 aliphatic rings. The predicted octanol–water partition coefficient (Wildman–Crippen LogP) is -2.71. The zero-order chi connectivity index (χ0) is 24.6. The van der Waals surface area contributed by atoms with Crippen molar-refractivity contribution in [3.8, 4) is 0 Å². The third-order valence-corrected chi connectivity index (χ3v) is 5.33. The molecule has 22 heteroatoms. The van der Waals surface area contributed by atoms with E-state index < -0.39 is 80.6 Å². The van der Waals surface area contributed by atoms with Crippen LogP contribution >= 0.6 is 30.4 Å². The van der Waals surface area contributed by atoms with Crippen LogP contribution in [0.1, 0.15) is 0 Å². The summed E-state index contributed by atoms with van der Waals surface area (Å²) in [6.07, 6.45) is -4.04. The molecule has 0 aromatic heterocycles. The second-order valence-corrected chi connectivity index (χ2v) is 12.1. The Balaban J connectivity index is 0. The Kier molecular flexibility index (Phi) is 13.2. The first kappa shape index (κ1) is 31.6. The van der Waals surface area contributed by atoms with Crippen molar-refractivity contribution in [3.63, 3.8) is 0 Å². The molecule has 0 saturated heterocycles. The number of carbonyl (C=O) groups is 2. The Hall–Kier alpha value is -0.540. The van der Waals surface area contributed by atoms with Gasteiger partial charge in [-0.15, -0.1) is 0 Å². The third kappa shape index (κ3) is 25.5. The zero-order valence-electron chi connectivity index (χ0n) is 14.8. The van der Waals surface area contributed by atoms with Crippen LogP contribution in [0.2, 0.25) is 0 Å². The van der Waals surface area contributed by atoms with Crippen LogP contribution in [0, 0.1) is 0 Å². The summed E-state index contributed by atoms with van der Waals surface area (Å²) in [6, 6.07) is 0. The summed E-state index contributed by atoms with van der Waals surface area (Å²) >= 11 is 0. The number of rotatable bonds is 12. The lowest BCUT2D eigenvalue weighted by Crippen LogP contribution is -2.31. The monoisotopic (exact) mass is 526 g/mol. The molecule has 30 heavy (non-hydrogen) atoms. The highest BCUT2D eigenvalue weighted by atomic mass is 31.2. The normalized spacial score (nSPS) is 13.1. The highest BCUT2D eigenvalue weighted by Gasteiger charge is 2.28. The Labute approximate surface area is 168 Å². The average Bonchev–Trinajstić information content (AvgIpc) is 2.27. The molecule has 10 N–H and O–H groups in total. The van der Waals surface area contributed by atoms with Crippen molar-refractivity contribution >= 4 is 42.3 Å². The summed E-state index contributed by atoms with van der Waals surface area (Å²) in [7, 11) is -18.2. The summed E-state index contributed by atoms with van der Waals surface area (Å²) in [6.45, 7) is -1.70. The van der Waals surface area contributed by atoms with Crippen LogP contribution in [0.15, 0.2) is 0 Å². The minimum absolute atomic E-state index is 0.490. The van der Waals surface area contributed by atoms with Crippen molar-refractivity contribution in [2.45, 2.75) is 0 Å². The smallest absolute Gasteiger partial charge is 0.339 e. The first-order valence-corrected chi connectivity index (χ1v) is 14.2. The molecule has 0 rings (SSSR count). The van der Waals surface area contributed by atoms with Crippen LogP contribution in [-0.4, -0.2) is 109 Å². The maximum absolute atomic E-state index is 10.5. The van der Waals surface area contributed by atoms with Gasteiger partial charge in [0.1, 0.15) is 25.1 Å². The van der Waals surface area contributed by atoms with Gasteiger partial charge in [0.2, 0.25) is 0 Å². The SMILES string of the molecule is O=C(O)CN(CP(=O)(O)O)CP(=O)(O)O.O=C(O)CN(CP(=O)(O)O)CP(=O)(O)O. The van der Waals surface area contributed by atoms with Crippen molar-refractivity contribution in [2.75, 3.05) is 38.2 Å². The number of hydrogen-bond donors (Lipinski definition) is 10. The van der Waals surface area contributed by atoms with Gasteiger partial charge in [0.25, 0.3) is 0 Å². The fourth-order valence-corrected chi connectivity index (χ4v) is 4.91. The number of carboxylic acids is 2. The minimum atomic E-state index is -4.54. The van der Waals surface area contributed by atoms with E-state index in [9.17, 15) is 27.8 Å². The molecule has 0 unspecified atom stereocenters. The van der Waals surface area contributed by atoms with Crippen molar-refractivity contribution in [1.29, 1.82) is 0 Å². The van der Waals surface area contributed by atoms with Gasteiger partial charge in [-0.3, -0.25) is 37.6 Å². The van der Waals surface area contributed by atoms with Gasteiger partial charge < -0.3 is 49.4 Å². The maximum Gasteiger partial charge on any atom is 0.339 e. The van der Waals surface area contributed by atoms with Crippen molar-refractivity contribution in [2.24, 2.45) is 0 Å². The standard InChI is InChI=1S/2C4H11NO8P2/c2*6-4(7)1-5(2-14(8,9)10)3-15(11,12)13/h2*1-3H2,(H,6,7)(H2,8,9,10)(H2,11,12,13). The molecule has 18 nitrogen and oxygen atoms in total. The van der Waals surface area contributed by atoms with Crippen LogP contribution < -0.4 is 0 Å². The molecule has 0 saturated carbocycles. The highest BCUT2D eigenvalue weighted by molar-refractivity contribution is 7.53. The lowest BCUT2D eigenvalue weighted by molar-refractivity contribution is -0.139. The molecule has 0 bridgehead atoms. The van der Waals surface area contributed by atoms with Gasteiger partial charge in [0.15, 0.2) is 0 Å². The van der Waals surface area contributed by atoms with E-state index in [1.807, 2.05) is 0 Å². The Bertz CT molecular complexity index is 649. The molecule has 0 aliphatic heterocycles. The van der Waals surface area contributed by atoms with E-state index in [2.05, 4.69) is 0 Å². The minimum Gasteiger partial charge on any atom is -0.480 e. The van der Waals surface area contributed by atoms with Gasteiger partial charge in [0.05, 0.1) is 13.1 Å². The quantitative estimate of drug-likeness (QED) is 0.116. The molecule has 180 valence electrons. The van der Waals surface area contributed by atoms with E-state index in [1.54, 1.807) is 0 Å².